The van der Waals surface area contributed by atoms with Gasteiger partial charge in [-0.15, -0.1) is 6.58 Å². The molecule has 1 aromatic rings. The summed E-state index contributed by atoms with van der Waals surface area (Å²) >= 11 is 0. The van der Waals surface area contributed by atoms with E-state index in [2.05, 4.69) is 12.6 Å². The molecule has 0 saturated carbocycles. The molecule has 0 aromatic heterocycles. The quantitative estimate of drug-likeness (QED) is 0.750. The predicted molar refractivity (Wildman–Crippen MR) is 69.5 cm³/mol. The van der Waals surface area contributed by atoms with Crippen molar-refractivity contribution in [3.05, 3.63) is 29.3 Å². The third-order valence-electron chi connectivity index (χ3n) is 2.76. The van der Waals surface area contributed by atoms with Crippen LogP contribution in [0.1, 0.15) is 16.7 Å². The summed E-state index contributed by atoms with van der Waals surface area (Å²) in [6, 6.07) is 2.14. The van der Waals surface area contributed by atoms with Crippen LogP contribution < -0.4 is 14.2 Å². The van der Waals surface area contributed by atoms with Crippen LogP contribution in [0.25, 0.3) is 0 Å². The number of hydrogen-bond acceptors (Lipinski definition) is 4. The van der Waals surface area contributed by atoms with Gasteiger partial charge in [0.15, 0.2) is 11.5 Å². The highest BCUT2D eigenvalue weighted by Gasteiger charge is 2.23. The summed E-state index contributed by atoms with van der Waals surface area (Å²) in [5.41, 5.74) is 2.01. The molecule has 0 radical (unpaired) electrons. The lowest BCUT2D eigenvalue weighted by molar-refractivity contribution is 0.343. The molecule has 4 heteroatoms. The number of methoxy groups -OCH3 is 3. The van der Waals surface area contributed by atoms with Crippen LogP contribution >= 0.6 is 0 Å². The first kappa shape index (κ1) is 13.9. The minimum Gasteiger partial charge on any atom is -0.496 e. The maximum Gasteiger partial charge on any atom is 0.179 e. The molecule has 4 nitrogen and oxygen atoms in total. The van der Waals surface area contributed by atoms with Gasteiger partial charge in [-0.3, -0.25) is 0 Å². The van der Waals surface area contributed by atoms with Gasteiger partial charge >= 0.3 is 0 Å². The van der Waals surface area contributed by atoms with Gasteiger partial charge in [0.25, 0.3) is 0 Å². The monoisotopic (exact) mass is 247 g/mol. The zero-order valence-corrected chi connectivity index (χ0v) is 11.2. The molecule has 0 fully saturated rings. The number of nitriles is 1. The number of nitrogens with zero attached hydrogens (tertiary/aromatic N) is 1. The molecule has 0 bridgehead atoms. The van der Waals surface area contributed by atoms with E-state index in [1.165, 1.54) is 7.11 Å². The summed E-state index contributed by atoms with van der Waals surface area (Å²) in [6.45, 7) is 5.57. The highest BCUT2D eigenvalue weighted by Crippen LogP contribution is 2.43. The standard InChI is InChI=1S/C14H17NO3/c1-6-7-10-11(8-15)14(18-5)13(17-4)9(2)12(10)16-3/h6H,1,7H2,2-5H3. The molecule has 96 valence electrons. The molecule has 0 aliphatic heterocycles. The second kappa shape index (κ2) is 5.97. The average Bonchev–Trinajstić information content (AvgIpc) is 2.38. The smallest absolute Gasteiger partial charge is 0.179 e. The van der Waals surface area contributed by atoms with Crippen molar-refractivity contribution in [1.29, 1.82) is 5.26 Å². The summed E-state index contributed by atoms with van der Waals surface area (Å²) in [4.78, 5) is 0. The fourth-order valence-corrected chi connectivity index (χ4v) is 2.04. The molecule has 0 N–H and O–H groups in total. The molecule has 0 aliphatic rings. The van der Waals surface area contributed by atoms with Crippen molar-refractivity contribution in [3.8, 4) is 23.3 Å². The maximum absolute atomic E-state index is 9.31. The second-order valence-electron chi connectivity index (χ2n) is 3.68. The first-order chi connectivity index (χ1) is 8.65. The Morgan fingerprint density at radius 3 is 2.06 bits per heavy atom. The number of rotatable bonds is 5. The third kappa shape index (κ3) is 2.12. The summed E-state index contributed by atoms with van der Waals surface area (Å²) in [7, 11) is 4.63. The van der Waals surface area contributed by atoms with Gasteiger partial charge < -0.3 is 14.2 Å². The van der Waals surface area contributed by atoms with Crippen molar-refractivity contribution in [1.82, 2.24) is 0 Å². The highest BCUT2D eigenvalue weighted by atomic mass is 16.5. The van der Waals surface area contributed by atoms with Crippen LogP contribution in [0.15, 0.2) is 12.7 Å². The first-order valence-corrected chi connectivity index (χ1v) is 5.48. The Morgan fingerprint density at radius 1 is 1.11 bits per heavy atom. The average molecular weight is 247 g/mol. The summed E-state index contributed by atoms with van der Waals surface area (Å²) in [5.74, 6) is 1.61. The Morgan fingerprint density at radius 2 is 1.67 bits per heavy atom. The van der Waals surface area contributed by atoms with Gasteiger partial charge in [0.05, 0.1) is 21.3 Å². The molecular formula is C14H17NO3. The Kier molecular flexibility index (Phi) is 4.61. The first-order valence-electron chi connectivity index (χ1n) is 5.48. The van der Waals surface area contributed by atoms with Crippen molar-refractivity contribution in [2.75, 3.05) is 21.3 Å². The highest BCUT2D eigenvalue weighted by molar-refractivity contribution is 5.66. The molecule has 0 aliphatic carbocycles. The Bertz CT molecular complexity index is 501. The fourth-order valence-electron chi connectivity index (χ4n) is 2.04. The van der Waals surface area contributed by atoms with Crippen LogP contribution in [0.2, 0.25) is 0 Å². The molecule has 0 amide bonds. The lowest BCUT2D eigenvalue weighted by Crippen LogP contribution is -2.04. The predicted octanol–water partition coefficient (Wildman–Crippen LogP) is 2.62. The van der Waals surface area contributed by atoms with Crippen LogP contribution in [-0.2, 0) is 6.42 Å². The second-order valence-corrected chi connectivity index (χ2v) is 3.68. The molecule has 1 rings (SSSR count). The maximum atomic E-state index is 9.31. The topological polar surface area (TPSA) is 51.5 Å². The van der Waals surface area contributed by atoms with Gasteiger partial charge in [-0.05, 0) is 13.3 Å². The van der Waals surface area contributed by atoms with Crippen LogP contribution in [0.3, 0.4) is 0 Å². The van der Waals surface area contributed by atoms with Gasteiger partial charge in [0, 0.05) is 11.1 Å². The summed E-state index contributed by atoms with van der Waals surface area (Å²) in [6.07, 6.45) is 2.26. The number of ether oxygens (including phenoxy) is 3. The van der Waals surface area contributed by atoms with E-state index in [9.17, 15) is 5.26 Å². The summed E-state index contributed by atoms with van der Waals surface area (Å²) in [5, 5.41) is 9.31. The fraction of sp³-hybridized carbons (Fsp3) is 0.357. The van der Waals surface area contributed by atoms with Crippen molar-refractivity contribution in [2.45, 2.75) is 13.3 Å². The van der Waals surface area contributed by atoms with Gasteiger partial charge in [-0.25, -0.2) is 0 Å². The van der Waals surface area contributed by atoms with Gasteiger partial charge in [-0.1, -0.05) is 6.08 Å². The third-order valence-corrected chi connectivity index (χ3v) is 2.76. The molecule has 0 unspecified atom stereocenters. The van der Waals surface area contributed by atoms with Crippen LogP contribution in [-0.4, -0.2) is 21.3 Å². The van der Waals surface area contributed by atoms with Gasteiger partial charge in [0.1, 0.15) is 17.4 Å². The Labute approximate surface area is 107 Å². The number of benzene rings is 1. The Balaban J connectivity index is 3.74. The SMILES string of the molecule is C=CCc1c(C#N)c(OC)c(OC)c(C)c1OC. The van der Waals surface area contributed by atoms with Crippen LogP contribution in [0, 0.1) is 18.3 Å². The molecular weight excluding hydrogens is 230 g/mol. The molecule has 0 heterocycles. The zero-order valence-electron chi connectivity index (χ0n) is 11.2. The normalized spacial score (nSPS) is 9.50. The van der Waals surface area contributed by atoms with Crippen molar-refractivity contribution >= 4 is 0 Å². The van der Waals surface area contributed by atoms with Gasteiger partial charge in [-0.2, -0.15) is 5.26 Å². The van der Waals surface area contributed by atoms with Crippen molar-refractivity contribution in [2.24, 2.45) is 0 Å². The van der Waals surface area contributed by atoms with E-state index in [4.69, 9.17) is 14.2 Å². The lowest BCUT2D eigenvalue weighted by atomic mass is 9.98. The van der Waals surface area contributed by atoms with Crippen molar-refractivity contribution < 1.29 is 14.2 Å². The Hall–Kier alpha value is -2.15. The number of allylic oxidation sites excluding steroid dienone is 1. The van der Waals surface area contributed by atoms with E-state index < -0.39 is 0 Å². The van der Waals surface area contributed by atoms with E-state index in [-0.39, 0.29) is 0 Å². The van der Waals surface area contributed by atoms with Crippen LogP contribution in [0.5, 0.6) is 17.2 Å². The molecule has 0 saturated heterocycles. The molecule has 1 aromatic carbocycles. The van der Waals surface area contributed by atoms with E-state index in [0.717, 1.165) is 11.1 Å². The van der Waals surface area contributed by atoms with Gasteiger partial charge in [0.2, 0.25) is 0 Å². The summed E-state index contributed by atoms with van der Waals surface area (Å²) < 4.78 is 16.0. The molecule has 0 spiro atoms. The largest absolute Gasteiger partial charge is 0.496 e. The van der Waals surface area contributed by atoms with Crippen LogP contribution in [0.4, 0.5) is 0 Å². The minimum absolute atomic E-state index is 0.428. The van der Waals surface area contributed by atoms with E-state index >= 15 is 0 Å². The van der Waals surface area contributed by atoms with E-state index in [1.54, 1.807) is 20.3 Å². The van der Waals surface area contributed by atoms with E-state index in [1.807, 2.05) is 6.92 Å². The molecule has 18 heavy (non-hydrogen) atoms. The minimum atomic E-state index is 0.428. The van der Waals surface area contributed by atoms with E-state index in [0.29, 0.717) is 29.2 Å². The number of hydrogen-bond donors (Lipinski definition) is 0. The molecule has 0 atom stereocenters. The lowest BCUT2D eigenvalue weighted by Gasteiger charge is -2.19. The van der Waals surface area contributed by atoms with Crippen molar-refractivity contribution in [3.63, 3.8) is 0 Å². The zero-order chi connectivity index (χ0) is 13.7.